The van der Waals surface area contributed by atoms with Crippen LogP contribution in [0.1, 0.15) is 64.0 Å². The summed E-state index contributed by atoms with van der Waals surface area (Å²) in [5, 5.41) is 0. The zero-order valence-electron chi connectivity index (χ0n) is 15.0. The molecule has 0 radical (unpaired) electrons. The SMILES string of the molecule is C=Cc1cccc(C2(C)CCN(C(=O)CCCCC)CC2C)c1. The molecule has 0 saturated carbocycles. The lowest BCUT2D eigenvalue weighted by Crippen LogP contribution is -2.49. The number of carbonyl (C=O) groups excluding carboxylic acids is 1. The first-order chi connectivity index (χ1) is 11.0. The molecule has 1 saturated heterocycles. The van der Waals surface area contributed by atoms with Gasteiger partial charge in [0, 0.05) is 19.5 Å². The van der Waals surface area contributed by atoms with Crippen molar-refractivity contribution in [1.82, 2.24) is 4.90 Å². The second kappa shape index (κ2) is 7.81. The Hall–Kier alpha value is -1.57. The molecule has 1 aromatic rings. The van der Waals surface area contributed by atoms with E-state index in [9.17, 15) is 4.79 Å². The van der Waals surface area contributed by atoms with E-state index in [0.29, 0.717) is 18.2 Å². The summed E-state index contributed by atoms with van der Waals surface area (Å²) in [6.45, 7) is 12.4. The molecule has 2 nitrogen and oxygen atoms in total. The van der Waals surface area contributed by atoms with Gasteiger partial charge in [-0.25, -0.2) is 0 Å². The summed E-state index contributed by atoms with van der Waals surface area (Å²) in [6, 6.07) is 8.69. The van der Waals surface area contributed by atoms with Crippen molar-refractivity contribution >= 4 is 12.0 Å². The molecular formula is C21H31NO. The van der Waals surface area contributed by atoms with E-state index < -0.39 is 0 Å². The van der Waals surface area contributed by atoms with Gasteiger partial charge >= 0.3 is 0 Å². The first-order valence-corrected chi connectivity index (χ1v) is 9.02. The van der Waals surface area contributed by atoms with Crippen molar-refractivity contribution < 1.29 is 4.79 Å². The fourth-order valence-corrected chi connectivity index (χ4v) is 3.60. The summed E-state index contributed by atoms with van der Waals surface area (Å²) in [4.78, 5) is 14.5. The van der Waals surface area contributed by atoms with Crippen molar-refractivity contribution in [2.75, 3.05) is 13.1 Å². The van der Waals surface area contributed by atoms with Crippen LogP contribution in [0.15, 0.2) is 30.8 Å². The predicted molar refractivity (Wildman–Crippen MR) is 98.4 cm³/mol. The van der Waals surface area contributed by atoms with Gasteiger partial charge in [-0.1, -0.05) is 70.5 Å². The summed E-state index contributed by atoms with van der Waals surface area (Å²) in [5.41, 5.74) is 2.69. The van der Waals surface area contributed by atoms with E-state index in [1.165, 1.54) is 17.5 Å². The van der Waals surface area contributed by atoms with Crippen LogP contribution >= 0.6 is 0 Å². The maximum Gasteiger partial charge on any atom is 0.222 e. The number of hydrogen-bond donors (Lipinski definition) is 0. The van der Waals surface area contributed by atoms with Gasteiger partial charge in [-0.05, 0) is 35.3 Å². The van der Waals surface area contributed by atoms with Crippen LogP contribution in [-0.2, 0) is 10.2 Å². The van der Waals surface area contributed by atoms with Crippen molar-refractivity contribution in [3.63, 3.8) is 0 Å². The Morgan fingerprint density at radius 1 is 1.43 bits per heavy atom. The topological polar surface area (TPSA) is 20.3 Å². The van der Waals surface area contributed by atoms with Crippen LogP contribution in [0.5, 0.6) is 0 Å². The second-order valence-electron chi connectivity index (χ2n) is 7.19. The van der Waals surface area contributed by atoms with Crippen molar-refractivity contribution in [3.8, 4) is 0 Å². The molecule has 23 heavy (non-hydrogen) atoms. The molecule has 2 unspecified atom stereocenters. The minimum atomic E-state index is 0.138. The Morgan fingerprint density at radius 3 is 2.87 bits per heavy atom. The number of benzene rings is 1. The fourth-order valence-electron chi connectivity index (χ4n) is 3.60. The van der Waals surface area contributed by atoms with E-state index in [1.807, 2.05) is 6.08 Å². The maximum absolute atomic E-state index is 12.4. The lowest BCUT2D eigenvalue weighted by Gasteiger charge is -2.45. The number of amides is 1. The van der Waals surface area contributed by atoms with Crippen molar-refractivity contribution in [3.05, 3.63) is 42.0 Å². The van der Waals surface area contributed by atoms with E-state index in [1.54, 1.807) is 0 Å². The average Bonchev–Trinajstić information content (AvgIpc) is 2.57. The number of likely N-dealkylation sites (tertiary alicyclic amines) is 1. The van der Waals surface area contributed by atoms with Gasteiger partial charge in [0.25, 0.3) is 0 Å². The highest BCUT2D eigenvalue weighted by Crippen LogP contribution is 2.39. The Labute approximate surface area is 141 Å². The Bertz CT molecular complexity index is 551. The monoisotopic (exact) mass is 313 g/mol. The first kappa shape index (κ1) is 17.8. The third kappa shape index (κ3) is 4.04. The van der Waals surface area contributed by atoms with Crippen LogP contribution in [0.3, 0.4) is 0 Å². The van der Waals surface area contributed by atoms with E-state index in [2.05, 4.69) is 56.5 Å². The summed E-state index contributed by atoms with van der Waals surface area (Å²) < 4.78 is 0. The number of hydrogen-bond acceptors (Lipinski definition) is 1. The zero-order chi connectivity index (χ0) is 16.9. The van der Waals surface area contributed by atoms with E-state index in [-0.39, 0.29) is 5.41 Å². The summed E-state index contributed by atoms with van der Waals surface area (Å²) in [7, 11) is 0. The smallest absolute Gasteiger partial charge is 0.222 e. The minimum absolute atomic E-state index is 0.138. The van der Waals surface area contributed by atoms with Gasteiger partial charge in [-0.3, -0.25) is 4.79 Å². The number of unbranched alkanes of at least 4 members (excludes halogenated alkanes) is 2. The number of piperidine rings is 1. The lowest BCUT2D eigenvalue weighted by molar-refractivity contribution is -0.134. The Kier molecular flexibility index (Phi) is 6.04. The van der Waals surface area contributed by atoms with Crippen LogP contribution in [0, 0.1) is 5.92 Å². The molecule has 126 valence electrons. The van der Waals surface area contributed by atoms with Crippen molar-refractivity contribution in [1.29, 1.82) is 0 Å². The van der Waals surface area contributed by atoms with Crippen LogP contribution in [-0.4, -0.2) is 23.9 Å². The number of carbonyl (C=O) groups is 1. The zero-order valence-corrected chi connectivity index (χ0v) is 15.0. The summed E-state index contributed by atoms with van der Waals surface area (Å²) in [5.74, 6) is 0.804. The molecule has 1 fully saturated rings. The van der Waals surface area contributed by atoms with Crippen LogP contribution in [0.4, 0.5) is 0 Å². The second-order valence-corrected chi connectivity index (χ2v) is 7.19. The van der Waals surface area contributed by atoms with Gasteiger partial charge in [0.15, 0.2) is 0 Å². The van der Waals surface area contributed by atoms with Crippen LogP contribution in [0.2, 0.25) is 0 Å². The van der Waals surface area contributed by atoms with Crippen LogP contribution in [0.25, 0.3) is 6.08 Å². The van der Waals surface area contributed by atoms with Gasteiger partial charge in [0.1, 0.15) is 0 Å². The minimum Gasteiger partial charge on any atom is -0.342 e. The molecule has 0 N–H and O–H groups in total. The maximum atomic E-state index is 12.4. The molecule has 0 aromatic heterocycles. The normalized spacial score (nSPS) is 24.5. The highest BCUT2D eigenvalue weighted by molar-refractivity contribution is 5.76. The highest BCUT2D eigenvalue weighted by atomic mass is 16.2. The molecule has 0 bridgehead atoms. The summed E-state index contributed by atoms with van der Waals surface area (Å²) >= 11 is 0. The Balaban J connectivity index is 2.05. The molecule has 1 heterocycles. The first-order valence-electron chi connectivity index (χ1n) is 9.02. The molecule has 1 aliphatic rings. The molecule has 2 rings (SSSR count). The molecule has 0 spiro atoms. The fraction of sp³-hybridized carbons (Fsp3) is 0.571. The quantitative estimate of drug-likeness (QED) is 0.674. The Morgan fingerprint density at radius 2 is 2.22 bits per heavy atom. The standard InChI is InChI=1S/C21H31NO/c1-5-7-8-12-20(23)22-14-13-21(4,17(3)16-22)19-11-9-10-18(6-2)15-19/h6,9-11,15,17H,2,5,7-8,12-14,16H2,1,3-4H3. The summed E-state index contributed by atoms with van der Waals surface area (Å²) in [6.07, 6.45) is 7.00. The third-order valence-corrected chi connectivity index (χ3v) is 5.61. The van der Waals surface area contributed by atoms with Crippen LogP contribution < -0.4 is 0 Å². The molecular weight excluding hydrogens is 282 g/mol. The lowest BCUT2D eigenvalue weighted by atomic mass is 9.68. The van der Waals surface area contributed by atoms with Gasteiger partial charge in [-0.2, -0.15) is 0 Å². The highest BCUT2D eigenvalue weighted by Gasteiger charge is 2.39. The third-order valence-electron chi connectivity index (χ3n) is 5.61. The molecule has 1 aromatic carbocycles. The molecule has 1 aliphatic heterocycles. The van der Waals surface area contributed by atoms with E-state index in [4.69, 9.17) is 0 Å². The predicted octanol–water partition coefficient (Wildman–Crippen LogP) is 5.04. The van der Waals surface area contributed by atoms with Gasteiger partial charge in [-0.15, -0.1) is 0 Å². The molecule has 0 aliphatic carbocycles. The molecule has 2 atom stereocenters. The molecule has 2 heteroatoms. The van der Waals surface area contributed by atoms with Gasteiger partial charge < -0.3 is 4.90 Å². The largest absolute Gasteiger partial charge is 0.342 e. The average molecular weight is 313 g/mol. The van der Waals surface area contributed by atoms with Gasteiger partial charge in [0.05, 0.1) is 0 Å². The van der Waals surface area contributed by atoms with Crippen molar-refractivity contribution in [2.24, 2.45) is 5.92 Å². The van der Waals surface area contributed by atoms with E-state index >= 15 is 0 Å². The number of rotatable bonds is 6. The van der Waals surface area contributed by atoms with E-state index in [0.717, 1.165) is 32.4 Å². The van der Waals surface area contributed by atoms with Gasteiger partial charge in [0.2, 0.25) is 5.91 Å². The number of nitrogens with zero attached hydrogens (tertiary/aromatic N) is 1. The van der Waals surface area contributed by atoms with Crippen molar-refractivity contribution in [2.45, 2.75) is 58.3 Å². The molecule has 1 amide bonds.